The van der Waals surface area contributed by atoms with Gasteiger partial charge in [-0.2, -0.15) is 0 Å². The first kappa shape index (κ1) is 21.8. The summed E-state index contributed by atoms with van der Waals surface area (Å²) < 4.78 is 12.3. The van der Waals surface area contributed by atoms with Gasteiger partial charge in [0, 0.05) is 0 Å². The van der Waals surface area contributed by atoms with Crippen molar-refractivity contribution < 1.29 is 19.1 Å². The fraction of sp³-hybridized carbons (Fsp3) is 0.926. The zero-order valence-corrected chi connectivity index (χ0v) is 20.2. The van der Waals surface area contributed by atoms with Gasteiger partial charge in [-0.3, -0.25) is 9.59 Å². The summed E-state index contributed by atoms with van der Waals surface area (Å²) in [6.07, 6.45) is 10.2. The van der Waals surface area contributed by atoms with Crippen LogP contribution in [0.4, 0.5) is 0 Å². The first-order chi connectivity index (χ1) is 14.6. The fourth-order valence-electron chi connectivity index (χ4n) is 8.27. The second-order valence-electron chi connectivity index (χ2n) is 13.0. The molecule has 0 radical (unpaired) electrons. The van der Waals surface area contributed by atoms with E-state index in [0.717, 1.165) is 31.6 Å². The largest absolute Gasteiger partial charge is 0.462 e. The number of fused-ring (bicyclic) bond motifs is 9. The van der Waals surface area contributed by atoms with Crippen molar-refractivity contribution in [2.45, 2.75) is 104 Å². The predicted octanol–water partition coefficient (Wildman–Crippen LogP) is 5.77. The molecule has 0 spiro atoms. The number of esters is 2. The maximum Gasteiger partial charge on any atom is 0.309 e. The third-order valence-electron chi connectivity index (χ3n) is 10.2. The van der Waals surface area contributed by atoms with E-state index in [9.17, 15) is 9.59 Å². The Morgan fingerprint density at radius 1 is 0.903 bits per heavy atom. The van der Waals surface area contributed by atoms with Crippen molar-refractivity contribution in [1.29, 1.82) is 0 Å². The molecule has 0 amide bonds. The van der Waals surface area contributed by atoms with Crippen LogP contribution in [-0.2, 0) is 19.1 Å². The van der Waals surface area contributed by atoms with Gasteiger partial charge in [-0.15, -0.1) is 0 Å². The molecule has 0 aliphatic heterocycles. The molecule has 0 aromatic rings. The summed E-state index contributed by atoms with van der Waals surface area (Å²) >= 11 is 0. The Balaban J connectivity index is 1.25. The summed E-state index contributed by atoms with van der Waals surface area (Å²) in [4.78, 5) is 26.1. The number of ether oxygens (including phenoxy) is 2. The topological polar surface area (TPSA) is 52.6 Å². The monoisotopic (exact) mass is 430 g/mol. The highest BCUT2D eigenvalue weighted by Gasteiger charge is 2.66. The van der Waals surface area contributed by atoms with E-state index in [4.69, 9.17) is 9.47 Å². The van der Waals surface area contributed by atoms with Gasteiger partial charge in [0.2, 0.25) is 0 Å². The third-order valence-corrected chi connectivity index (χ3v) is 10.2. The molecule has 4 heteroatoms. The lowest BCUT2D eigenvalue weighted by Gasteiger charge is -2.42. The molecule has 5 saturated carbocycles. The molecule has 174 valence electrons. The molecule has 5 aliphatic rings. The van der Waals surface area contributed by atoms with Crippen LogP contribution >= 0.6 is 0 Å². The summed E-state index contributed by atoms with van der Waals surface area (Å²) in [6, 6.07) is 0. The van der Waals surface area contributed by atoms with Crippen molar-refractivity contribution >= 4 is 11.9 Å². The first-order valence-electron chi connectivity index (χ1n) is 13.0. The van der Waals surface area contributed by atoms with E-state index >= 15 is 0 Å². The van der Waals surface area contributed by atoms with Crippen LogP contribution in [0.5, 0.6) is 0 Å². The van der Waals surface area contributed by atoms with Gasteiger partial charge in [0.25, 0.3) is 0 Å². The molecule has 0 N–H and O–H groups in total. The molecule has 9 atom stereocenters. The molecule has 4 nitrogen and oxygen atoms in total. The van der Waals surface area contributed by atoms with Crippen LogP contribution in [0.1, 0.15) is 92.4 Å². The van der Waals surface area contributed by atoms with E-state index in [0.29, 0.717) is 29.6 Å². The van der Waals surface area contributed by atoms with E-state index in [1.807, 2.05) is 6.92 Å². The van der Waals surface area contributed by atoms with Gasteiger partial charge in [0.05, 0.1) is 11.8 Å². The Kier molecular flexibility index (Phi) is 5.26. The number of carbonyl (C=O) groups is 2. The summed E-state index contributed by atoms with van der Waals surface area (Å²) in [6.45, 7) is 10.5. The van der Waals surface area contributed by atoms with Gasteiger partial charge < -0.3 is 9.47 Å². The Labute approximate surface area is 188 Å². The highest BCUT2D eigenvalue weighted by Crippen LogP contribution is 2.69. The van der Waals surface area contributed by atoms with E-state index < -0.39 is 0 Å². The lowest BCUT2D eigenvalue weighted by atomic mass is 9.66. The van der Waals surface area contributed by atoms with E-state index in [1.54, 1.807) is 0 Å². The minimum Gasteiger partial charge on any atom is -0.462 e. The van der Waals surface area contributed by atoms with Gasteiger partial charge in [-0.05, 0) is 99.2 Å². The summed E-state index contributed by atoms with van der Waals surface area (Å²) in [5.41, 5.74) is -0.319. The second kappa shape index (κ2) is 7.48. The zero-order chi connectivity index (χ0) is 22.1. The Morgan fingerprint density at radius 2 is 1.55 bits per heavy atom. The Morgan fingerprint density at radius 3 is 2.23 bits per heavy atom. The van der Waals surface area contributed by atoms with E-state index in [1.165, 1.54) is 32.1 Å². The summed E-state index contributed by atoms with van der Waals surface area (Å²) in [5, 5.41) is 0. The van der Waals surface area contributed by atoms with Crippen LogP contribution in [0.2, 0.25) is 0 Å². The van der Waals surface area contributed by atoms with Gasteiger partial charge in [-0.25, -0.2) is 0 Å². The summed E-state index contributed by atoms with van der Waals surface area (Å²) in [7, 11) is 0. The van der Waals surface area contributed by atoms with Crippen LogP contribution in [-0.4, -0.2) is 23.6 Å². The zero-order valence-electron chi connectivity index (χ0n) is 20.2. The number of hydrogen-bond donors (Lipinski definition) is 0. The van der Waals surface area contributed by atoms with E-state index in [-0.39, 0.29) is 40.9 Å². The lowest BCUT2D eigenvalue weighted by Crippen LogP contribution is -2.44. The maximum atomic E-state index is 13.3. The summed E-state index contributed by atoms with van der Waals surface area (Å²) in [5.74, 6) is 3.64. The number of hydrogen-bond acceptors (Lipinski definition) is 4. The van der Waals surface area contributed by atoms with Crippen molar-refractivity contribution in [3.8, 4) is 0 Å². The van der Waals surface area contributed by atoms with Crippen LogP contribution in [0.25, 0.3) is 0 Å². The molecule has 31 heavy (non-hydrogen) atoms. The highest BCUT2D eigenvalue weighted by atomic mass is 16.6. The Bertz CT molecular complexity index is 730. The van der Waals surface area contributed by atoms with Gasteiger partial charge in [0.1, 0.15) is 11.7 Å². The number of rotatable bonds is 4. The molecule has 5 fully saturated rings. The van der Waals surface area contributed by atoms with Crippen LogP contribution in [0.15, 0.2) is 0 Å². The van der Waals surface area contributed by atoms with Crippen molar-refractivity contribution in [2.24, 2.45) is 52.8 Å². The highest BCUT2D eigenvalue weighted by molar-refractivity contribution is 5.74. The molecule has 5 rings (SSSR count). The van der Waals surface area contributed by atoms with Crippen LogP contribution in [0.3, 0.4) is 0 Å². The molecule has 0 aromatic heterocycles. The van der Waals surface area contributed by atoms with Crippen molar-refractivity contribution in [3.63, 3.8) is 0 Å². The van der Waals surface area contributed by atoms with Crippen LogP contribution in [0, 0.1) is 52.8 Å². The minimum atomic E-state index is -0.244. The van der Waals surface area contributed by atoms with Gasteiger partial charge in [-0.1, -0.05) is 34.1 Å². The molecular formula is C27H42O4. The number of carbonyl (C=O) groups excluding carboxylic acids is 2. The molecule has 0 saturated heterocycles. The molecular weight excluding hydrogens is 388 g/mol. The molecule has 5 aliphatic carbocycles. The van der Waals surface area contributed by atoms with Crippen LogP contribution < -0.4 is 0 Å². The smallest absolute Gasteiger partial charge is 0.309 e. The van der Waals surface area contributed by atoms with Gasteiger partial charge >= 0.3 is 11.9 Å². The van der Waals surface area contributed by atoms with Crippen molar-refractivity contribution in [1.82, 2.24) is 0 Å². The normalized spacial score (nSPS) is 43.5. The third kappa shape index (κ3) is 3.64. The molecule has 0 heterocycles. The first-order valence-corrected chi connectivity index (χ1v) is 13.0. The van der Waals surface area contributed by atoms with E-state index in [2.05, 4.69) is 27.7 Å². The standard InChI is InChI=1S/C27H42O4/c1-15(26(2,3)4)24(28)30-21-14-17-13-20(21)23-18-11-16(22(17)23)12-19(18)25(29)31-27(5)9-7-6-8-10-27/h15-23H,6-14H2,1-5H3. The average molecular weight is 431 g/mol. The van der Waals surface area contributed by atoms with Crippen molar-refractivity contribution in [3.05, 3.63) is 0 Å². The maximum absolute atomic E-state index is 13.3. The quantitative estimate of drug-likeness (QED) is 0.419. The fourth-order valence-corrected chi connectivity index (χ4v) is 8.27. The van der Waals surface area contributed by atoms with Crippen molar-refractivity contribution in [2.75, 3.05) is 0 Å². The SMILES string of the molecule is CC(C(=O)OC1CC2CC1C1C3CC(CC3C(=O)OC3(C)CCCCC3)C21)C(C)(C)C. The minimum absolute atomic E-state index is 0.0362. The molecule has 4 bridgehead atoms. The second-order valence-corrected chi connectivity index (χ2v) is 13.0. The van der Waals surface area contributed by atoms with Gasteiger partial charge in [0.15, 0.2) is 0 Å². The average Bonchev–Trinajstić information content (AvgIpc) is 3.45. The Hall–Kier alpha value is -1.06. The molecule has 9 unspecified atom stereocenters. The lowest BCUT2D eigenvalue weighted by molar-refractivity contribution is -0.172. The predicted molar refractivity (Wildman–Crippen MR) is 119 cm³/mol. The molecule has 0 aromatic carbocycles.